The number of nitrogens with two attached hydrogens (primary N) is 2. The molecule has 0 spiro atoms. The highest BCUT2D eigenvalue weighted by Crippen LogP contribution is 2.39. The number of anilines is 1. The van der Waals surface area contributed by atoms with Gasteiger partial charge < -0.3 is 20.7 Å². The van der Waals surface area contributed by atoms with Crippen molar-refractivity contribution in [3.63, 3.8) is 0 Å². The number of aromatic nitrogens is 4. The highest BCUT2D eigenvalue weighted by molar-refractivity contribution is 7.84. The van der Waals surface area contributed by atoms with E-state index in [1.54, 1.807) is 0 Å². The summed E-state index contributed by atoms with van der Waals surface area (Å²) in [5.41, 5.74) is 5.68. The summed E-state index contributed by atoms with van der Waals surface area (Å²) in [6, 6.07) is 0. The lowest BCUT2D eigenvalue weighted by atomic mass is 10.1. The summed E-state index contributed by atoms with van der Waals surface area (Å²) in [7, 11) is -4.95. The first-order valence-corrected chi connectivity index (χ1v) is 7.74. The zero-order valence-electron chi connectivity index (χ0n) is 13.6. The number of ether oxygens (including phenoxy) is 1. The minimum Gasteiger partial charge on any atom is -0.385 e. The normalized spacial score (nSPS) is 32.8. The van der Waals surface area contributed by atoms with Crippen LogP contribution >= 0.6 is 0 Å². The molecule has 3 rings (SSSR count). The molecule has 0 aromatic carbocycles. The monoisotopic (exact) mass is 366 g/mol. The first kappa shape index (κ1) is 14.4. The Balaban J connectivity index is 2.03. The zero-order chi connectivity index (χ0) is 19.5. The second-order valence-corrected chi connectivity index (χ2v) is 6.00. The quantitative estimate of drug-likeness (QED) is 0.452. The molecule has 14 heteroatoms. The molecular formula is C10H13FN6O6S. The Morgan fingerprint density at radius 1 is 1.50 bits per heavy atom. The van der Waals surface area contributed by atoms with Crippen LogP contribution in [0.15, 0.2) is 12.7 Å². The topological polar surface area (TPSA) is 189 Å². The lowest BCUT2D eigenvalue weighted by molar-refractivity contribution is -0.201. The molecule has 0 saturated carbocycles. The Hall–Kier alpha value is -1.97. The molecule has 2 aromatic rings. The van der Waals surface area contributed by atoms with Gasteiger partial charge >= 0.3 is 10.3 Å². The van der Waals surface area contributed by atoms with Crippen LogP contribution in [-0.4, -0.2) is 62.8 Å². The molecule has 6 N–H and O–H groups in total. The number of hydrogen-bond donors (Lipinski definition) is 4. The van der Waals surface area contributed by atoms with Crippen molar-refractivity contribution >= 4 is 27.3 Å². The standard InChI is InChI=1S/C10H13FN6O6S/c11-10(1-22-24(13,20)21)6(19)5(18)9(23-10)17-3-16-4-7(12)14-2-15-8(4)17/h2-3,5-6,9,18-19H,1H2,(H2,12,14,15)(H2,13,20,21)/t5-,6+,9-,10-/m1/s1/i1D2. The fraction of sp³-hybridized carbons (Fsp3) is 0.500. The number of halogens is 1. The molecule has 1 aliphatic heterocycles. The number of imidazole rings is 1. The maximum Gasteiger partial charge on any atom is 0.333 e. The van der Waals surface area contributed by atoms with Gasteiger partial charge in [0, 0.05) is 0 Å². The number of hydrogen-bond acceptors (Lipinski definition) is 10. The second-order valence-electron chi connectivity index (χ2n) is 4.85. The molecule has 24 heavy (non-hydrogen) atoms. The summed E-state index contributed by atoms with van der Waals surface area (Å²) < 4.78 is 61.5. The van der Waals surface area contributed by atoms with Crippen LogP contribution in [0.4, 0.5) is 10.2 Å². The van der Waals surface area contributed by atoms with Crippen molar-refractivity contribution in [3.8, 4) is 0 Å². The first-order valence-electron chi connectivity index (χ1n) is 7.26. The van der Waals surface area contributed by atoms with Gasteiger partial charge in [0.1, 0.15) is 30.6 Å². The van der Waals surface area contributed by atoms with Gasteiger partial charge in [0.25, 0.3) is 5.85 Å². The average Bonchev–Trinajstić information content (AvgIpc) is 3.02. The molecule has 12 nitrogen and oxygen atoms in total. The molecule has 1 fully saturated rings. The smallest absolute Gasteiger partial charge is 0.333 e. The first-order chi connectivity index (χ1) is 11.9. The Labute approximate surface area is 136 Å². The van der Waals surface area contributed by atoms with Crippen LogP contribution in [0.1, 0.15) is 8.97 Å². The second kappa shape index (κ2) is 5.54. The summed E-state index contributed by atoms with van der Waals surface area (Å²) in [6.07, 6.45) is -4.24. The van der Waals surface area contributed by atoms with Crippen LogP contribution in [0.2, 0.25) is 0 Å². The fourth-order valence-electron chi connectivity index (χ4n) is 2.17. The zero-order valence-corrected chi connectivity index (χ0v) is 12.5. The number of alkyl halides is 1. The molecule has 0 unspecified atom stereocenters. The van der Waals surface area contributed by atoms with Gasteiger partial charge in [-0.05, 0) is 0 Å². The van der Waals surface area contributed by atoms with Crippen molar-refractivity contribution in [3.05, 3.63) is 12.7 Å². The van der Waals surface area contributed by atoms with Gasteiger partial charge in [-0.3, -0.25) is 8.75 Å². The molecular weight excluding hydrogens is 351 g/mol. The van der Waals surface area contributed by atoms with Crippen molar-refractivity contribution in [1.29, 1.82) is 0 Å². The van der Waals surface area contributed by atoms with Crippen LogP contribution in [0.25, 0.3) is 11.2 Å². The molecule has 1 saturated heterocycles. The van der Waals surface area contributed by atoms with Gasteiger partial charge in [0.05, 0.1) is 9.07 Å². The predicted octanol–water partition coefficient (Wildman–Crippen LogP) is -2.45. The minimum atomic E-state index is -4.95. The van der Waals surface area contributed by atoms with E-state index in [0.717, 1.165) is 17.2 Å². The summed E-state index contributed by atoms with van der Waals surface area (Å²) in [4.78, 5) is 11.4. The van der Waals surface area contributed by atoms with Gasteiger partial charge in [0.2, 0.25) is 0 Å². The van der Waals surface area contributed by atoms with Crippen LogP contribution in [0, 0.1) is 0 Å². The third-order valence-corrected chi connectivity index (χ3v) is 3.56. The Bertz CT molecular complexity index is 959. The third kappa shape index (κ3) is 2.79. The van der Waals surface area contributed by atoms with Crippen LogP contribution in [-0.2, 0) is 19.2 Å². The van der Waals surface area contributed by atoms with Gasteiger partial charge in [-0.25, -0.2) is 24.5 Å². The molecule has 0 radical (unpaired) electrons. The lowest BCUT2D eigenvalue weighted by Crippen LogP contribution is -2.44. The number of nitrogen functional groups attached to an aromatic ring is 1. The van der Waals surface area contributed by atoms with Gasteiger partial charge in [-0.1, -0.05) is 0 Å². The maximum atomic E-state index is 15.0. The van der Waals surface area contributed by atoms with E-state index in [4.69, 9.17) is 13.2 Å². The van der Waals surface area contributed by atoms with Crippen molar-refractivity contribution in [1.82, 2.24) is 19.5 Å². The summed E-state index contributed by atoms with van der Waals surface area (Å²) >= 11 is 0. The molecule has 4 atom stereocenters. The average molecular weight is 366 g/mol. The Morgan fingerprint density at radius 3 is 2.88 bits per heavy atom. The Morgan fingerprint density at radius 2 is 2.21 bits per heavy atom. The summed E-state index contributed by atoms with van der Waals surface area (Å²) in [6.45, 7) is -3.76. The van der Waals surface area contributed by atoms with E-state index in [0.29, 0.717) is 0 Å². The van der Waals surface area contributed by atoms with Crippen molar-refractivity contribution < 1.29 is 34.7 Å². The number of aliphatic hydroxyl groups is 2. The Kier molecular flexibility index (Phi) is 3.32. The predicted molar refractivity (Wildman–Crippen MR) is 74.8 cm³/mol. The molecule has 3 heterocycles. The molecule has 0 amide bonds. The molecule has 2 aromatic heterocycles. The van der Waals surface area contributed by atoms with E-state index in [2.05, 4.69) is 24.3 Å². The number of aliphatic hydroxyl groups excluding tert-OH is 2. The van der Waals surface area contributed by atoms with E-state index in [1.165, 1.54) is 0 Å². The van der Waals surface area contributed by atoms with Crippen LogP contribution < -0.4 is 10.9 Å². The van der Waals surface area contributed by atoms with E-state index >= 15 is 4.39 Å². The molecule has 1 aliphatic rings. The summed E-state index contributed by atoms with van der Waals surface area (Å²) in [5.74, 6) is -3.82. The van der Waals surface area contributed by atoms with E-state index in [1.807, 2.05) is 0 Å². The highest BCUT2D eigenvalue weighted by atomic mass is 32.2. The highest BCUT2D eigenvalue weighted by Gasteiger charge is 2.57. The van der Waals surface area contributed by atoms with E-state index in [-0.39, 0.29) is 17.0 Å². The van der Waals surface area contributed by atoms with Gasteiger partial charge in [-0.2, -0.15) is 8.42 Å². The lowest BCUT2D eigenvalue weighted by Gasteiger charge is -2.21. The molecule has 132 valence electrons. The maximum absolute atomic E-state index is 15.0. The summed E-state index contributed by atoms with van der Waals surface area (Å²) in [5, 5.41) is 24.6. The number of fused-ring (bicyclic) bond motifs is 1. The molecule has 0 aliphatic carbocycles. The molecule has 0 bridgehead atoms. The SMILES string of the molecule is [2H]C([2H])(OS(N)(=O)=O)[C@@]1(F)O[C@@H](n2cnc3c(N)ncnc32)[C@H](O)[C@@H]1O. The van der Waals surface area contributed by atoms with Crippen LogP contribution in [0.3, 0.4) is 0 Å². The fourth-order valence-corrected chi connectivity index (χ4v) is 2.40. The minimum absolute atomic E-state index is 0.00840. The van der Waals surface area contributed by atoms with Gasteiger partial charge in [-0.15, -0.1) is 0 Å². The van der Waals surface area contributed by atoms with E-state index < -0.39 is 41.2 Å². The third-order valence-electron chi connectivity index (χ3n) is 3.25. The number of rotatable bonds is 4. The van der Waals surface area contributed by atoms with E-state index in [9.17, 15) is 18.6 Å². The van der Waals surface area contributed by atoms with Crippen LogP contribution in [0.5, 0.6) is 0 Å². The van der Waals surface area contributed by atoms with Crippen molar-refractivity contribution in [2.75, 3.05) is 12.3 Å². The largest absolute Gasteiger partial charge is 0.385 e. The number of nitrogens with zero attached hydrogens (tertiary/aromatic N) is 4. The van der Waals surface area contributed by atoms with Crippen molar-refractivity contribution in [2.24, 2.45) is 5.14 Å². The van der Waals surface area contributed by atoms with Gasteiger partial charge in [0.15, 0.2) is 17.7 Å². The van der Waals surface area contributed by atoms with Crippen molar-refractivity contribution in [2.45, 2.75) is 24.3 Å².